The van der Waals surface area contributed by atoms with Crippen molar-refractivity contribution in [3.8, 4) is 17.1 Å². The minimum atomic E-state index is -4.54. The van der Waals surface area contributed by atoms with Crippen LogP contribution in [-0.4, -0.2) is 26.5 Å². The molecule has 3 aromatic carbocycles. The van der Waals surface area contributed by atoms with Crippen molar-refractivity contribution in [2.75, 3.05) is 5.32 Å². The molecule has 200 valence electrons. The topological polar surface area (TPSA) is 123 Å². The van der Waals surface area contributed by atoms with Gasteiger partial charge in [0.25, 0.3) is 5.91 Å². The Bertz CT molecular complexity index is 1620. The summed E-state index contributed by atoms with van der Waals surface area (Å²) in [6.45, 7) is 0. The van der Waals surface area contributed by atoms with Crippen molar-refractivity contribution in [3.05, 3.63) is 98.9 Å². The Balaban J connectivity index is 1.35. The molecule has 0 bridgehead atoms. The Kier molecular flexibility index (Phi) is 6.87. The van der Waals surface area contributed by atoms with Crippen LogP contribution in [0, 0.1) is 5.92 Å². The minimum absolute atomic E-state index is 0.00952. The fourth-order valence-electron chi connectivity index (χ4n) is 4.06. The zero-order valence-electron chi connectivity index (χ0n) is 20.1. The standard InChI is InChI=1S/C27H21ClF3N5O3/c28-21-11-8-16(22(32)23(37)14-4-5-14)12-20(21)24-34-26(39)36(35-24)19-9-6-15(7-10-19)25(38)33-18-3-1-2-17(13-18)27(29,30)31/h1-3,6-14,22H,4-5,32H2,(H,33,38)(H,34,35,39). The number of Topliss-reactive ketones (excluding diaryl/α,β-unsaturated/α-hetero) is 1. The maximum absolute atomic E-state index is 12.9. The Morgan fingerprint density at radius 2 is 1.79 bits per heavy atom. The van der Waals surface area contributed by atoms with Gasteiger partial charge in [0.05, 0.1) is 22.3 Å². The summed E-state index contributed by atoms with van der Waals surface area (Å²) in [5.74, 6) is -0.534. The molecule has 0 spiro atoms. The second-order valence-corrected chi connectivity index (χ2v) is 9.57. The van der Waals surface area contributed by atoms with Gasteiger partial charge in [0.15, 0.2) is 11.6 Å². The molecule has 1 saturated carbocycles. The zero-order valence-corrected chi connectivity index (χ0v) is 20.9. The van der Waals surface area contributed by atoms with Gasteiger partial charge in [-0.3, -0.25) is 14.6 Å². The SMILES string of the molecule is NC(C(=O)C1CC1)c1ccc(Cl)c(-c2nn(-c3ccc(C(=O)Nc4cccc(C(F)(F)F)c4)cc3)c(=O)[nH]2)c1. The van der Waals surface area contributed by atoms with Gasteiger partial charge in [-0.15, -0.1) is 5.10 Å². The number of aromatic nitrogens is 3. The van der Waals surface area contributed by atoms with E-state index >= 15 is 0 Å². The summed E-state index contributed by atoms with van der Waals surface area (Å²) in [6.07, 6.45) is -2.88. The second kappa shape index (κ2) is 10.2. The van der Waals surface area contributed by atoms with Crippen LogP contribution in [-0.2, 0) is 11.0 Å². The van der Waals surface area contributed by atoms with Crippen molar-refractivity contribution in [1.82, 2.24) is 14.8 Å². The number of amides is 1. The van der Waals surface area contributed by atoms with Crippen molar-refractivity contribution < 1.29 is 22.8 Å². The van der Waals surface area contributed by atoms with Crippen LogP contribution in [0.5, 0.6) is 0 Å². The summed E-state index contributed by atoms with van der Waals surface area (Å²) < 4.78 is 39.9. The summed E-state index contributed by atoms with van der Waals surface area (Å²) in [6, 6.07) is 14.1. The highest BCUT2D eigenvalue weighted by Crippen LogP contribution is 2.35. The van der Waals surface area contributed by atoms with Gasteiger partial charge < -0.3 is 11.1 Å². The third-order valence-corrected chi connectivity index (χ3v) is 6.66. The van der Waals surface area contributed by atoms with E-state index in [1.165, 1.54) is 36.4 Å². The van der Waals surface area contributed by atoms with Gasteiger partial charge in [-0.1, -0.05) is 23.7 Å². The normalized spacial score (nSPS) is 14.2. The highest BCUT2D eigenvalue weighted by Gasteiger charge is 2.34. The number of alkyl halides is 3. The van der Waals surface area contributed by atoms with Gasteiger partial charge in [-0.25, -0.2) is 4.79 Å². The van der Waals surface area contributed by atoms with Crippen LogP contribution in [0.1, 0.15) is 40.4 Å². The monoisotopic (exact) mass is 555 g/mol. The van der Waals surface area contributed by atoms with Gasteiger partial charge in [0.1, 0.15) is 0 Å². The number of rotatable bonds is 7. The number of carbonyl (C=O) groups excluding carboxylic acids is 2. The van der Waals surface area contributed by atoms with E-state index in [-0.39, 0.29) is 28.8 Å². The average Bonchev–Trinajstić information content (AvgIpc) is 3.69. The summed E-state index contributed by atoms with van der Waals surface area (Å²) in [4.78, 5) is 40.3. The molecule has 1 fully saturated rings. The highest BCUT2D eigenvalue weighted by molar-refractivity contribution is 6.33. The van der Waals surface area contributed by atoms with Crippen LogP contribution in [0.3, 0.4) is 0 Å². The van der Waals surface area contributed by atoms with E-state index < -0.39 is 29.4 Å². The van der Waals surface area contributed by atoms with Crippen LogP contribution in [0.4, 0.5) is 18.9 Å². The number of carbonyl (C=O) groups is 2. The Morgan fingerprint density at radius 3 is 2.46 bits per heavy atom. The first-order valence-corrected chi connectivity index (χ1v) is 12.3. The lowest BCUT2D eigenvalue weighted by molar-refractivity contribution is -0.137. The zero-order chi connectivity index (χ0) is 27.9. The van der Waals surface area contributed by atoms with Crippen molar-refractivity contribution in [2.45, 2.75) is 25.1 Å². The fraction of sp³-hybridized carbons (Fsp3) is 0.185. The van der Waals surface area contributed by atoms with Gasteiger partial charge in [-0.2, -0.15) is 17.9 Å². The van der Waals surface area contributed by atoms with E-state index in [2.05, 4.69) is 15.4 Å². The molecule has 5 rings (SSSR count). The molecule has 39 heavy (non-hydrogen) atoms. The number of hydrogen-bond acceptors (Lipinski definition) is 5. The number of aromatic amines is 1. The number of nitrogens with zero attached hydrogens (tertiary/aromatic N) is 2. The molecule has 1 aliphatic carbocycles. The molecule has 4 N–H and O–H groups in total. The smallest absolute Gasteiger partial charge is 0.322 e. The molecule has 1 heterocycles. The van der Waals surface area contributed by atoms with E-state index in [0.717, 1.165) is 29.7 Å². The van der Waals surface area contributed by atoms with Crippen molar-refractivity contribution in [2.24, 2.45) is 11.7 Å². The lowest BCUT2D eigenvalue weighted by atomic mass is 9.98. The summed E-state index contributed by atoms with van der Waals surface area (Å²) in [5, 5.41) is 7.04. The maximum atomic E-state index is 12.9. The minimum Gasteiger partial charge on any atom is -0.322 e. The molecule has 1 aromatic heterocycles. The van der Waals surface area contributed by atoms with Crippen molar-refractivity contribution >= 4 is 29.0 Å². The predicted octanol–water partition coefficient (Wildman–Crippen LogP) is 5.13. The molecular formula is C27H21ClF3N5O3. The van der Waals surface area contributed by atoms with Gasteiger partial charge >= 0.3 is 11.9 Å². The Hall–Kier alpha value is -4.22. The van der Waals surface area contributed by atoms with E-state index in [9.17, 15) is 27.6 Å². The molecule has 0 aliphatic heterocycles. The number of nitrogens with two attached hydrogens (primary N) is 1. The number of ketones is 1. The number of benzene rings is 3. The average molecular weight is 556 g/mol. The number of anilines is 1. The highest BCUT2D eigenvalue weighted by atomic mass is 35.5. The molecule has 1 amide bonds. The van der Waals surface area contributed by atoms with Crippen LogP contribution in [0.25, 0.3) is 17.1 Å². The second-order valence-electron chi connectivity index (χ2n) is 9.16. The molecule has 12 heteroatoms. The maximum Gasteiger partial charge on any atom is 0.416 e. The summed E-state index contributed by atoms with van der Waals surface area (Å²) in [7, 11) is 0. The summed E-state index contributed by atoms with van der Waals surface area (Å²) >= 11 is 6.35. The van der Waals surface area contributed by atoms with Gasteiger partial charge in [0, 0.05) is 22.7 Å². The molecule has 1 atom stereocenters. The van der Waals surface area contributed by atoms with Crippen LogP contribution in [0.15, 0.2) is 71.5 Å². The number of halogens is 4. The molecular weight excluding hydrogens is 535 g/mol. The number of nitrogens with one attached hydrogen (secondary N) is 2. The fourth-order valence-corrected chi connectivity index (χ4v) is 4.26. The molecule has 4 aromatic rings. The number of hydrogen-bond donors (Lipinski definition) is 3. The molecule has 1 unspecified atom stereocenters. The van der Waals surface area contributed by atoms with Gasteiger partial charge in [-0.05, 0) is 73.0 Å². The van der Waals surface area contributed by atoms with Crippen LogP contribution < -0.4 is 16.7 Å². The summed E-state index contributed by atoms with van der Waals surface area (Å²) in [5.41, 5.74) is 6.10. The third kappa shape index (κ3) is 5.64. The first-order chi connectivity index (χ1) is 18.5. The Labute approximate surface area is 224 Å². The first kappa shape index (κ1) is 26.4. The van der Waals surface area contributed by atoms with Crippen LogP contribution >= 0.6 is 11.6 Å². The lowest BCUT2D eigenvalue weighted by Crippen LogP contribution is -2.22. The predicted molar refractivity (Wildman–Crippen MR) is 139 cm³/mol. The molecule has 8 nitrogen and oxygen atoms in total. The third-order valence-electron chi connectivity index (χ3n) is 6.33. The number of H-pyrrole nitrogens is 1. The van der Waals surface area contributed by atoms with E-state index in [4.69, 9.17) is 17.3 Å². The quantitative estimate of drug-likeness (QED) is 0.292. The van der Waals surface area contributed by atoms with Crippen LogP contribution in [0.2, 0.25) is 5.02 Å². The lowest BCUT2D eigenvalue weighted by Gasteiger charge is -2.12. The largest absolute Gasteiger partial charge is 0.416 e. The van der Waals surface area contributed by atoms with E-state index in [1.807, 2.05) is 0 Å². The first-order valence-electron chi connectivity index (χ1n) is 11.9. The van der Waals surface area contributed by atoms with E-state index in [0.29, 0.717) is 21.8 Å². The molecule has 0 saturated heterocycles. The van der Waals surface area contributed by atoms with Gasteiger partial charge in [0.2, 0.25) is 0 Å². The van der Waals surface area contributed by atoms with E-state index in [1.54, 1.807) is 18.2 Å². The van der Waals surface area contributed by atoms with Crippen molar-refractivity contribution in [3.63, 3.8) is 0 Å². The van der Waals surface area contributed by atoms with Crippen molar-refractivity contribution in [1.29, 1.82) is 0 Å². The molecule has 0 radical (unpaired) electrons. The Morgan fingerprint density at radius 1 is 1.08 bits per heavy atom. The molecule has 1 aliphatic rings.